The maximum Gasteiger partial charge on any atom is 0.315 e. The minimum absolute atomic E-state index is 0.121. The molecule has 1 aromatic rings. The van der Waals surface area contributed by atoms with Crippen molar-refractivity contribution in [2.45, 2.75) is 25.3 Å². The van der Waals surface area contributed by atoms with Gasteiger partial charge >= 0.3 is 6.43 Å². The first-order valence-electron chi connectivity index (χ1n) is 5.75. The van der Waals surface area contributed by atoms with Gasteiger partial charge in [0, 0.05) is 6.42 Å². The first-order valence-corrected chi connectivity index (χ1v) is 6.29. The zero-order valence-electron chi connectivity index (χ0n) is 10.1. The third-order valence-electron chi connectivity index (χ3n) is 2.58. The van der Waals surface area contributed by atoms with Gasteiger partial charge in [0.15, 0.2) is 0 Å². The number of carbonyl (C=O) groups excluding carboxylic acids is 2. The largest absolute Gasteiger partial charge is 0.344 e. The number of halogens is 3. The Hall–Kier alpha value is -1.49. The Labute approximate surface area is 114 Å². The van der Waals surface area contributed by atoms with Crippen LogP contribution in [0.2, 0.25) is 0 Å². The van der Waals surface area contributed by atoms with Gasteiger partial charge in [-0.1, -0.05) is 30.3 Å². The van der Waals surface area contributed by atoms with Gasteiger partial charge in [-0.15, -0.1) is 11.6 Å². The van der Waals surface area contributed by atoms with E-state index in [2.05, 4.69) is 5.32 Å². The van der Waals surface area contributed by atoms with Crippen LogP contribution < -0.4 is 5.32 Å². The van der Waals surface area contributed by atoms with Crippen molar-refractivity contribution in [1.82, 2.24) is 5.32 Å². The van der Waals surface area contributed by atoms with Crippen LogP contribution >= 0.6 is 11.6 Å². The molecule has 0 spiro atoms. The summed E-state index contributed by atoms with van der Waals surface area (Å²) in [5, 5.41) is 2.23. The van der Waals surface area contributed by atoms with Crippen LogP contribution in [0.25, 0.3) is 0 Å². The van der Waals surface area contributed by atoms with E-state index in [4.69, 9.17) is 11.6 Å². The van der Waals surface area contributed by atoms with Crippen LogP contribution in [0.3, 0.4) is 0 Å². The molecular formula is C13H14ClF2NO2. The van der Waals surface area contributed by atoms with Gasteiger partial charge in [0.05, 0.1) is 11.9 Å². The number of nitrogens with one attached hydrogen (secondary N) is 1. The number of benzene rings is 1. The Kier molecular flexibility index (Phi) is 6.42. The molecule has 0 aliphatic carbocycles. The van der Waals surface area contributed by atoms with Crippen molar-refractivity contribution in [1.29, 1.82) is 0 Å². The van der Waals surface area contributed by atoms with E-state index in [0.717, 1.165) is 0 Å². The maximum atomic E-state index is 12.3. The average Bonchev–Trinajstić information content (AvgIpc) is 2.43. The molecule has 0 aliphatic rings. The van der Waals surface area contributed by atoms with Crippen LogP contribution in [-0.4, -0.2) is 24.0 Å². The highest BCUT2D eigenvalue weighted by atomic mass is 35.5. The van der Waals surface area contributed by atoms with Crippen molar-refractivity contribution in [3.63, 3.8) is 0 Å². The molecule has 104 valence electrons. The second-order valence-corrected chi connectivity index (χ2v) is 4.25. The summed E-state index contributed by atoms with van der Waals surface area (Å²) < 4.78 is 24.5. The van der Waals surface area contributed by atoms with E-state index >= 15 is 0 Å². The van der Waals surface area contributed by atoms with Gasteiger partial charge < -0.3 is 5.32 Å². The van der Waals surface area contributed by atoms with Gasteiger partial charge in [0.25, 0.3) is 5.91 Å². The second-order valence-electron chi connectivity index (χ2n) is 3.98. The lowest BCUT2D eigenvalue weighted by Crippen LogP contribution is -2.33. The Bertz CT molecular complexity index is 426. The zero-order valence-corrected chi connectivity index (χ0v) is 10.9. The van der Waals surface area contributed by atoms with Crippen LogP contribution in [0, 0.1) is 0 Å². The maximum absolute atomic E-state index is 12.3. The molecule has 6 heteroatoms. The molecular weight excluding hydrogens is 276 g/mol. The number of hydrogen-bond acceptors (Lipinski definition) is 2. The summed E-state index contributed by atoms with van der Waals surface area (Å²) in [6.07, 6.45) is -2.70. The van der Waals surface area contributed by atoms with Gasteiger partial charge in [-0.05, 0) is 12.0 Å². The number of rotatable bonds is 7. The van der Waals surface area contributed by atoms with Crippen molar-refractivity contribution in [3.8, 4) is 0 Å². The van der Waals surface area contributed by atoms with Crippen LogP contribution in [0.4, 0.5) is 8.78 Å². The number of amides is 1. The average molecular weight is 290 g/mol. The van der Waals surface area contributed by atoms with E-state index < -0.39 is 18.4 Å². The van der Waals surface area contributed by atoms with E-state index in [1.54, 1.807) is 30.3 Å². The fourth-order valence-electron chi connectivity index (χ4n) is 1.61. The highest BCUT2D eigenvalue weighted by Gasteiger charge is 2.21. The first-order chi connectivity index (χ1) is 9.04. The summed E-state index contributed by atoms with van der Waals surface area (Å²) in [5.41, 5.74) is 0.680. The van der Waals surface area contributed by atoms with Gasteiger partial charge in [-0.3, -0.25) is 9.59 Å². The SMILES string of the molecule is O=C(CCl)CCC(NC(=O)C(F)F)c1ccccc1. The Morgan fingerprint density at radius 2 is 1.84 bits per heavy atom. The molecule has 3 nitrogen and oxygen atoms in total. The van der Waals surface area contributed by atoms with Crippen molar-refractivity contribution in [3.05, 3.63) is 35.9 Å². The molecule has 1 unspecified atom stereocenters. The second kappa shape index (κ2) is 7.84. The monoisotopic (exact) mass is 289 g/mol. The molecule has 0 aliphatic heterocycles. The summed E-state index contributed by atoms with van der Waals surface area (Å²) in [4.78, 5) is 22.2. The number of alkyl halides is 3. The molecule has 1 atom stereocenters. The summed E-state index contributed by atoms with van der Waals surface area (Å²) >= 11 is 5.38. The van der Waals surface area contributed by atoms with E-state index in [1.807, 2.05) is 0 Å². The van der Waals surface area contributed by atoms with Crippen molar-refractivity contribution < 1.29 is 18.4 Å². The summed E-state index contributed by atoms with van der Waals surface area (Å²) in [6.45, 7) is 0. The molecule has 1 rings (SSSR count). The molecule has 0 aromatic heterocycles. The van der Waals surface area contributed by atoms with E-state index in [9.17, 15) is 18.4 Å². The van der Waals surface area contributed by atoms with Gasteiger partial charge in [-0.2, -0.15) is 8.78 Å². The Morgan fingerprint density at radius 1 is 1.21 bits per heavy atom. The van der Waals surface area contributed by atoms with Crippen LogP contribution in [0.1, 0.15) is 24.4 Å². The molecule has 0 bridgehead atoms. The fraction of sp³-hybridized carbons (Fsp3) is 0.385. The lowest BCUT2D eigenvalue weighted by atomic mass is 10.0. The van der Waals surface area contributed by atoms with E-state index in [1.165, 1.54) is 0 Å². The summed E-state index contributed by atoms with van der Waals surface area (Å²) in [6, 6.07) is 8.05. The molecule has 19 heavy (non-hydrogen) atoms. The third kappa shape index (κ3) is 5.34. The molecule has 0 heterocycles. The third-order valence-corrected chi connectivity index (χ3v) is 2.88. The Balaban J connectivity index is 2.73. The smallest absolute Gasteiger partial charge is 0.315 e. The summed E-state index contributed by atoms with van der Waals surface area (Å²) in [7, 11) is 0. The van der Waals surface area contributed by atoms with Gasteiger partial charge in [0.1, 0.15) is 5.78 Å². The fourth-order valence-corrected chi connectivity index (χ4v) is 1.75. The molecule has 0 saturated heterocycles. The number of hydrogen-bond donors (Lipinski definition) is 1. The number of ketones is 1. The number of Topliss-reactive ketones (excluding diaryl/α,β-unsaturated/α-hetero) is 1. The van der Waals surface area contributed by atoms with Crippen molar-refractivity contribution >= 4 is 23.3 Å². The van der Waals surface area contributed by atoms with Crippen molar-refractivity contribution in [2.24, 2.45) is 0 Å². The highest BCUT2D eigenvalue weighted by molar-refractivity contribution is 6.27. The zero-order chi connectivity index (χ0) is 14.3. The molecule has 1 aromatic carbocycles. The lowest BCUT2D eigenvalue weighted by molar-refractivity contribution is -0.132. The molecule has 0 radical (unpaired) electrons. The van der Waals surface area contributed by atoms with Crippen LogP contribution in [0.15, 0.2) is 30.3 Å². The topological polar surface area (TPSA) is 46.2 Å². The predicted molar refractivity (Wildman–Crippen MR) is 68.3 cm³/mol. The Morgan fingerprint density at radius 3 is 2.37 bits per heavy atom. The summed E-state index contributed by atoms with van der Waals surface area (Å²) in [5.74, 6) is -1.65. The highest BCUT2D eigenvalue weighted by Crippen LogP contribution is 2.19. The standard InChI is InChI=1S/C13H14ClF2NO2/c14-8-10(18)6-7-11(17-13(19)12(15)16)9-4-2-1-3-5-9/h1-5,11-12H,6-8H2,(H,17,19). The predicted octanol–water partition coefficient (Wildman–Crippen LogP) is 2.70. The van der Waals surface area contributed by atoms with Gasteiger partial charge in [0.2, 0.25) is 0 Å². The molecule has 1 N–H and O–H groups in total. The first kappa shape index (κ1) is 15.6. The van der Waals surface area contributed by atoms with E-state index in [0.29, 0.717) is 5.56 Å². The lowest BCUT2D eigenvalue weighted by Gasteiger charge is -2.18. The minimum atomic E-state index is -3.07. The minimum Gasteiger partial charge on any atom is -0.344 e. The van der Waals surface area contributed by atoms with Gasteiger partial charge in [-0.25, -0.2) is 0 Å². The quantitative estimate of drug-likeness (QED) is 0.785. The molecule has 1 amide bonds. The number of carbonyl (C=O) groups is 2. The van der Waals surface area contributed by atoms with E-state index in [-0.39, 0.29) is 24.5 Å². The van der Waals surface area contributed by atoms with Crippen LogP contribution in [-0.2, 0) is 9.59 Å². The normalized spacial score (nSPS) is 12.2. The molecule has 0 saturated carbocycles. The van der Waals surface area contributed by atoms with Crippen LogP contribution in [0.5, 0.6) is 0 Å². The molecule has 0 fully saturated rings. The van der Waals surface area contributed by atoms with Crippen molar-refractivity contribution in [2.75, 3.05) is 5.88 Å².